The Labute approximate surface area is 90.1 Å². The highest BCUT2D eigenvalue weighted by Crippen LogP contribution is 2.51. The van der Waals surface area contributed by atoms with Crippen LogP contribution in [-0.2, 0) is 0 Å². The smallest absolute Gasteiger partial charge is 0.139 e. The lowest BCUT2D eigenvalue weighted by Gasteiger charge is -2.14. The average molecular weight is 216 g/mol. The summed E-state index contributed by atoms with van der Waals surface area (Å²) in [7, 11) is 0. The summed E-state index contributed by atoms with van der Waals surface area (Å²) in [5.41, 5.74) is 5.88. The van der Waals surface area contributed by atoms with E-state index in [4.69, 9.17) is 10.9 Å². The maximum absolute atomic E-state index is 8.50. The normalized spacial score (nSPS) is 20.1. The lowest BCUT2D eigenvalue weighted by Crippen LogP contribution is -2.19. The second kappa shape index (κ2) is 4.91. The molecule has 0 aromatic rings. The minimum Gasteiger partial charge on any atom is -0.409 e. The Balaban J connectivity index is 2.22. The van der Waals surface area contributed by atoms with Crippen molar-refractivity contribution in [2.75, 3.05) is 11.5 Å². The first-order chi connectivity index (χ1) is 6.58. The molecule has 0 saturated heterocycles. The van der Waals surface area contributed by atoms with Crippen LogP contribution < -0.4 is 5.73 Å². The van der Waals surface area contributed by atoms with Crippen molar-refractivity contribution >= 4 is 17.6 Å². The van der Waals surface area contributed by atoms with E-state index in [1.807, 2.05) is 11.8 Å². The minimum absolute atomic E-state index is 0.357. The van der Waals surface area contributed by atoms with Crippen LogP contribution in [0.25, 0.3) is 0 Å². The van der Waals surface area contributed by atoms with Crippen LogP contribution in [0.1, 0.15) is 33.1 Å². The molecule has 0 spiro atoms. The molecule has 0 radical (unpaired) electrons. The van der Waals surface area contributed by atoms with E-state index in [0.717, 1.165) is 18.1 Å². The minimum atomic E-state index is 0.357. The van der Waals surface area contributed by atoms with Gasteiger partial charge in [-0.15, -0.1) is 0 Å². The molecular formula is C10H20N2OS. The summed E-state index contributed by atoms with van der Waals surface area (Å²) in [6.07, 6.45) is 3.22. The molecule has 0 aromatic carbocycles. The molecule has 0 aliphatic heterocycles. The van der Waals surface area contributed by atoms with Gasteiger partial charge in [0, 0.05) is 6.42 Å². The number of nitrogens with two attached hydrogens (primary N) is 1. The molecular weight excluding hydrogens is 196 g/mol. The lowest BCUT2D eigenvalue weighted by molar-refractivity contribution is 0.315. The van der Waals surface area contributed by atoms with Crippen LogP contribution in [-0.4, -0.2) is 22.5 Å². The average Bonchev–Trinajstić information content (AvgIpc) is 2.84. The van der Waals surface area contributed by atoms with Gasteiger partial charge >= 0.3 is 0 Å². The van der Waals surface area contributed by atoms with Gasteiger partial charge in [-0.25, -0.2) is 0 Å². The SMILES string of the molecule is CC(C)CSCC1(CC(N)=NO)CC1. The molecule has 1 aliphatic rings. The first kappa shape index (κ1) is 11.7. The number of nitrogens with zero attached hydrogens (tertiary/aromatic N) is 1. The number of oxime groups is 1. The van der Waals surface area contributed by atoms with Crippen LogP contribution in [0.15, 0.2) is 5.16 Å². The van der Waals surface area contributed by atoms with E-state index in [0.29, 0.717) is 11.3 Å². The predicted molar refractivity (Wildman–Crippen MR) is 61.9 cm³/mol. The highest BCUT2D eigenvalue weighted by atomic mass is 32.2. The van der Waals surface area contributed by atoms with E-state index < -0.39 is 0 Å². The van der Waals surface area contributed by atoms with E-state index >= 15 is 0 Å². The molecule has 0 atom stereocenters. The lowest BCUT2D eigenvalue weighted by atomic mass is 10.1. The van der Waals surface area contributed by atoms with E-state index in [1.165, 1.54) is 18.6 Å². The topological polar surface area (TPSA) is 58.6 Å². The summed E-state index contributed by atoms with van der Waals surface area (Å²) in [6, 6.07) is 0. The highest BCUT2D eigenvalue weighted by molar-refractivity contribution is 7.99. The predicted octanol–water partition coefficient (Wildman–Crippen LogP) is 2.29. The van der Waals surface area contributed by atoms with Crippen LogP contribution in [0.3, 0.4) is 0 Å². The Morgan fingerprint density at radius 3 is 2.64 bits per heavy atom. The summed E-state index contributed by atoms with van der Waals surface area (Å²) in [4.78, 5) is 0. The fourth-order valence-corrected chi connectivity index (χ4v) is 2.89. The third-order valence-electron chi connectivity index (χ3n) is 2.50. The largest absolute Gasteiger partial charge is 0.409 e. The van der Waals surface area contributed by atoms with Crippen molar-refractivity contribution < 1.29 is 5.21 Å². The Morgan fingerprint density at radius 2 is 2.21 bits per heavy atom. The molecule has 3 N–H and O–H groups in total. The van der Waals surface area contributed by atoms with Gasteiger partial charge in [0.1, 0.15) is 5.84 Å². The number of hydrogen-bond donors (Lipinski definition) is 2. The number of thioether (sulfide) groups is 1. The molecule has 3 nitrogen and oxygen atoms in total. The third kappa shape index (κ3) is 3.78. The number of rotatable bonds is 6. The molecule has 1 rings (SSSR count). The number of amidine groups is 1. The van der Waals surface area contributed by atoms with E-state index in [-0.39, 0.29) is 0 Å². The van der Waals surface area contributed by atoms with Gasteiger partial charge in [0.2, 0.25) is 0 Å². The van der Waals surface area contributed by atoms with Gasteiger partial charge in [0.15, 0.2) is 0 Å². The monoisotopic (exact) mass is 216 g/mol. The van der Waals surface area contributed by atoms with Gasteiger partial charge in [-0.05, 0) is 35.7 Å². The van der Waals surface area contributed by atoms with Crippen molar-refractivity contribution in [3.8, 4) is 0 Å². The molecule has 0 heterocycles. The zero-order valence-corrected chi connectivity index (χ0v) is 9.81. The Bertz CT molecular complexity index is 212. The summed E-state index contributed by atoms with van der Waals surface area (Å²) in [5.74, 6) is 3.49. The van der Waals surface area contributed by atoms with Gasteiger partial charge in [-0.1, -0.05) is 19.0 Å². The summed E-state index contributed by atoms with van der Waals surface area (Å²) in [6.45, 7) is 4.46. The second-order valence-corrected chi connectivity index (χ2v) is 5.71. The molecule has 0 bridgehead atoms. The zero-order valence-electron chi connectivity index (χ0n) is 8.99. The highest BCUT2D eigenvalue weighted by Gasteiger charge is 2.42. The van der Waals surface area contributed by atoms with Crippen molar-refractivity contribution in [3.63, 3.8) is 0 Å². The summed E-state index contributed by atoms with van der Waals surface area (Å²) >= 11 is 1.99. The third-order valence-corrected chi connectivity index (χ3v) is 4.22. The first-order valence-corrected chi connectivity index (χ1v) is 6.28. The van der Waals surface area contributed by atoms with Crippen LogP contribution >= 0.6 is 11.8 Å². The van der Waals surface area contributed by atoms with Crippen molar-refractivity contribution in [2.45, 2.75) is 33.1 Å². The van der Waals surface area contributed by atoms with Crippen LogP contribution in [0.5, 0.6) is 0 Å². The molecule has 0 unspecified atom stereocenters. The van der Waals surface area contributed by atoms with Gasteiger partial charge in [-0.2, -0.15) is 11.8 Å². The van der Waals surface area contributed by atoms with Gasteiger partial charge in [-0.3, -0.25) is 0 Å². The summed E-state index contributed by atoms with van der Waals surface area (Å²) < 4.78 is 0. The van der Waals surface area contributed by atoms with Crippen molar-refractivity contribution in [3.05, 3.63) is 0 Å². The number of hydrogen-bond acceptors (Lipinski definition) is 3. The first-order valence-electron chi connectivity index (χ1n) is 5.12. The molecule has 1 aliphatic carbocycles. The van der Waals surface area contributed by atoms with E-state index in [1.54, 1.807) is 0 Å². The quantitative estimate of drug-likeness (QED) is 0.310. The van der Waals surface area contributed by atoms with Crippen molar-refractivity contribution in [1.29, 1.82) is 0 Å². The zero-order chi connectivity index (χ0) is 10.6. The van der Waals surface area contributed by atoms with Crippen LogP contribution in [0, 0.1) is 11.3 Å². The fourth-order valence-electron chi connectivity index (χ4n) is 1.48. The van der Waals surface area contributed by atoms with E-state index in [2.05, 4.69) is 19.0 Å². The molecule has 82 valence electrons. The molecule has 4 heteroatoms. The maximum atomic E-state index is 8.50. The van der Waals surface area contributed by atoms with Gasteiger partial charge < -0.3 is 10.9 Å². The van der Waals surface area contributed by atoms with Gasteiger partial charge in [0.25, 0.3) is 0 Å². The Morgan fingerprint density at radius 1 is 1.57 bits per heavy atom. The standard InChI is InChI=1S/C10H20N2OS/c1-8(2)6-14-7-10(3-4-10)5-9(11)12-13/h8,13H,3-7H2,1-2H3,(H2,11,12). The van der Waals surface area contributed by atoms with Crippen LogP contribution in [0.4, 0.5) is 0 Å². The van der Waals surface area contributed by atoms with E-state index in [9.17, 15) is 0 Å². The van der Waals surface area contributed by atoms with Crippen molar-refractivity contribution in [2.24, 2.45) is 22.2 Å². The second-order valence-electron chi connectivity index (χ2n) is 4.68. The maximum Gasteiger partial charge on any atom is 0.139 e. The molecule has 14 heavy (non-hydrogen) atoms. The van der Waals surface area contributed by atoms with Crippen LogP contribution in [0.2, 0.25) is 0 Å². The summed E-state index contributed by atoms with van der Waals surface area (Å²) in [5, 5.41) is 11.5. The molecule has 0 amide bonds. The molecule has 1 saturated carbocycles. The van der Waals surface area contributed by atoms with Gasteiger partial charge in [0.05, 0.1) is 0 Å². The molecule has 0 aromatic heterocycles. The Hall–Kier alpha value is -0.380. The molecule has 1 fully saturated rings. The Kier molecular flexibility index (Phi) is 4.11. The fraction of sp³-hybridized carbons (Fsp3) is 0.900. The van der Waals surface area contributed by atoms with Crippen molar-refractivity contribution in [1.82, 2.24) is 0 Å².